The van der Waals surface area contributed by atoms with Crippen LogP contribution in [0.4, 0.5) is 0 Å². The number of aromatic nitrogens is 6. The first-order valence-corrected chi connectivity index (χ1v) is 8.15. The van der Waals surface area contributed by atoms with Crippen molar-refractivity contribution in [3.63, 3.8) is 0 Å². The maximum absolute atomic E-state index is 5.87. The third-order valence-electron chi connectivity index (χ3n) is 3.24. The number of rotatable bonds is 5. The molecule has 1 fully saturated rings. The molecule has 1 saturated carbocycles. The van der Waals surface area contributed by atoms with E-state index in [0.717, 1.165) is 23.6 Å². The highest BCUT2D eigenvalue weighted by atomic mass is 35.5. The van der Waals surface area contributed by atoms with Gasteiger partial charge >= 0.3 is 0 Å². The topological polar surface area (TPSA) is 82.5 Å². The van der Waals surface area contributed by atoms with Crippen molar-refractivity contribution in [2.75, 3.05) is 0 Å². The molecule has 1 aromatic carbocycles. The molecule has 0 radical (unpaired) electrons. The van der Waals surface area contributed by atoms with Crippen molar-refractivity contribution >= 4 is 23.4 Å². The average molecular weight is 335 g/mol. The van der Waals surface area contributed by atoms with Gasteiger partial charge in [0.1, 0.15) is 0 Å². The van der Waals surface area contributed by atoms with Crippen LogP contribution in [0.1, 0.15) is 24.8 Å². The van der Waals surface area contributed by atoms with Crippen molar-refractivity contribution in [3.8, 4) is 11.5 Å². The molecule has 0 spiro atoms. The van der Waals surface area contributed by atoms with Crippen LogP contribution in [0, 0.1) is 0 Å². The average Bonchev–Trinajstić information content (AvgIpc) is 3.09. The highest BCUT2D eigenvalue weighted by molar-refractivity contribution is 7.98. The largest absolute Gasteiger partial charge is 0.420 e. The molecule has 3 aromatic rings. The number of hydrogen-bond acceptors (Lipinski definition) is 7. The molecule has 22 heavy (non-hydrogen) atoms. The van der Waals surface area contributed by atoms with Gasteiger partial charge < -0.3 is 4.42 Å². The molecular formula is C13H11ClN6OS. The summed E-state index contributed by atoms with van der Waals surface area (Å²) in [5, 5.41) is 21.3. The van der Waals surface area contributed by atoms with E-state index in [2.05, 4.69) is 25.7 Å². The lowest BCUT2D eigenvalue weighted by molar-refractivity contribution is 0.527. The second kappa shape index (κ2) is 5.69. The van der Waals surface area contributed by atoms with E-state index in [0.29, 0.717) is 28.6 Å². The summed E-state index contributed by atoms with van der Waals surface area (Å²) in [5.41, 5.74) is 0.843. The number of tetrazole rings is 1. The molecule has 4 rings (SSSR count). The van der Waals surface area contributed by atoms with E-state index in [-0.39, 0.29) is 0 Å². The standard InChI is InChI=1S/C13H11ClN6OS/c14-9-3-1-8(2-4-9)12-16-15-11(21-12)7-22-13-17-18-19-20(13)10-5-6-10/h1-4,10H,5-7H2. The Morgan fingerprint density at radius 3 is 2.77 bits per heavy atom. The van der Waals surface area contributed by atoms with Gasteiger partial charge in [-0.15, -0.1) is 15.3 Å². The van der Waals surface area contributed by atoms with Gasteiger partial charge in [-0.25, -0.2) is 4.68 Å². The minimum Gasteiger partial charge on any atom is -0.420 e. The second-order valence-corrected chi connectivity index (χ2v) is 6.31. The van der Waals surface area contributed by atoms with E-state index in [1.165, 1.54) is 11.8 Å². The molecule has 0 N–H and O–H groups in total. The number of benzene rings is 1. The first kappa shape index (κ1) is 13.7. The zero-order valence-corrected chi connectivity index (χ0v) is 13.0. The van der Waals surface area contributed by atoms with Crippen molar-refractivity contribution in [2.24, 2.45) is 0 Å². The normalized spacial score (nSPS) is 14.4. The predicted molar refractivity (Wildman–Crippen MR) is 80.4 cm³/mol. The fourth-order valence-corrected chi connectivity index (χ4v) is 2.88. The summed E-state index contributed by atoms with van der Waals surface area (Å²) < 4.78 is 7.52. The molecule has 2 heterocycles. The SMILES string of the molecule is Clc1ccc(-c2nnc(CSc3nnnn3C3CC3)o2)cc1. The zero-order chi connectivity index (χ0) is 14.9. The summed E-state index contributed by atoms with van der Waals surface area (Å²) in [5.74, 6) is 1.56. The Balaban J connectivity index is 1.45. The number of thioether (sulfide) groups is 1. The summed E-state index contributed by atoms with van der Waals surface area (Å²) in [6, 6.07) is 7.73. The molecule has 0 saturated heterocycles. The van der Waals surface area contributed by atoms with Crippen molar-refractivity contribution in [2.45, 2.75) is 29.8 Å². The lowest BCUT2D eigenvalue weighted by atomic mass is 10.2. The number of nitrogens with zero attached hydrogens (tertiary/aromatic N) is 6. The second-order valence-electron chi connectivity index (χ2n) is 4.93. The van der Waals surface area contributed by atoms with Gasteiger partial charge in [-0.3, -0.25) is 0 Å². The van der Waals surface area contributed by atoms with Crippen LogP contribution in [0.25, 0.3) is 11.5 Å². The van der Waals surface area contributed by atoms with Gasteiger partial charge in [-0.2, -0.15) is 0 Å². The van der Waals surface area contributed by atoms with Crippen LogP contribution in [-0.4, -0.2) is 30.4 Å². The molecule has 0 aliphatic heterocycles. The van der Waals surface area contributed by atoms with Gasteiger partial charge in [0.25, 0.3) is 0 Å². The molecule has 1 aliphatic rings. The Labute approximate surface area is 135 Å². The monoisotopic (exact) mass is 334 g/mol. The van der Waals surface area contributed by atoms with Gasteiger partial charge in [0.2, 0.25) is 16.9 Å². The van der Waals surface area contributed by atoms with Crippen LogP contribution in [0.3, 0.4) is 0 Å². The lowest BCUT2D eigenvalue weighted by Crippen LogP contribution is -1.98. The van der Waals surface area contributed by atoms with E-state index in [9.17, 15) is 0 Å². The van der Waals surface area contributed by atoms with Crippen molar-refractivity contribution in [1.29, 1.82) is 0 Å². The Kier molecular flexibility index (Phi) is 3.55. The predicted octanol–water partition coefficient (Wildman–Crippen LogP) is 3.00. The van der Waals surface area contributed by atoms with E-state index >= 15 is 0 Å². The fraction of sp³-hybridized carbons (Fsp3) is 0.308. The number of hydrogen-bond donors (Lipinski definition) is 0. The van der Waals surface area contributed by atoms with Crippen molar-refractivity contribution in [3.05, 3.63) is 35.2 Å². The van der Waals surface area contributed by atoms with Crippen LogP contribution in [0.15, 0.2) is 33.8 Å². The van der Waals surface area contributed by atoms with Crippen LogP contribution >= 0.6 is 23.4 Å². The Morgan fingerprint density at radius 1 is 1.18 bits per heavy atom. The van der Waals surface area contributed by atoms with Crippen molar-refractivity contribution in [1.82, 2.24) is 30.4 Å². The van der Waals surface area contributed by atoms with E-state index in [4.69, 9.17) is 16.0 Å². The van der Waals surface area contributed by atoms with Crippen LogP contribution < -0.4 is 0 Å². The molecule has 2 aromatic heterocycles. The summed E-state index contributed by atoms with van der Waals surface area (Å²) in [6.07, 6.45) is 2.28. The van der Waals surface area contributed by atoms with Crippen molar-refractivity contribution < 1.29 is 4.42 Å². The maximum atomic E-state index is 5.87. The van der Waals surface area contributed by atoms with Gasteiger partial charge in [-0.05, 0) is 47.5 Å². The third kappa shape index (κ3) is 2.84. The summed E-state index contributed by atoms with van der Waals surface area (Å²) in [4.78, 5) is 0. The molecule has 0 amide bonds. The van der Waals surface area contributed by atoms with Gasteiger partial charge in [0.15, 0.2) is 0 Å². The summed E-state index contributed by atoms with van der Waals surface area (Å²) in [7, 11) is 0. The van der Waals surface area contributed by atoms with Gasteiger partial charge in [0, 0.05) is 10.6 Å². The molecule has 0 atom stereocenters. The maximum Gasteiger partial charge on any atom is 0.247 e. The smallest absolute Gasteiger partial charge is 0.247 e. The van der Waals surface area contributed by atoms with E-state index in [1.54, 1.807) is 12.1 Å². The van der Waals surface area contributed by atoms with E-state index < -0.39 is 0 Å². The Bertz CT molecular complexity index is 782. The first-order valence-electron chi connectivity index (χ1n) is 6.78. The fourth-order valence-electron chi connectivity index (χ4n) is 1.98. The zero-order valence-electron chi connectivity index (χ0n) is 11.4. The summed E-state index contributed by atoms with van der Waals surface area (Å²) in [6.45, 7) is 0. The third-order valence-corrected chi connectivity index (χ3v) is 4.41. The van der Waals surface area contributed by atoms with Crippen LogP contribution in [-0.2, 0) is 5.75 Å². The summed E-state index contributed by atoms with van der Waals surface area (Å²) >= 11 is 7.36. The molecule has 9 heteroatoms. The minimum absolute atomic E-state index is 0.449. The molecule has 1 aliphatic carbocycles. The molecule has 0 unspecified atom stereocenters. The van der Waals surface area contributed by atoms with Crippen LogP contribution in [0.2, 0.25) is 5.02 Å². The molecule has 0 bridgehead atoms. The quantitative estimate of drug-likeness (QED) is 0.663. The Hall–Kier alpha value is -1.93. The van der Waals surface area contributed by atoms with Gasteiger partial charge in [0.05, 0.1) is 11.8 Å². The Morgan fingerprint density at radius 2 is 2.00 bits per heavy atom. The van der Waals surface area contributed by atoms with E-state index in [1.807, 2.05) is 16.8 Å². The van der Waals surface area contributed by atoms with Gasteiger partial charge in [-0.1, -0.05) is 23.4 Å². The lowest BCUT2D eigenvalue weighted by Gasteiger charge is -1.99. The molecular weight excluding hydrogens is 324 g/mol. The molecule has 7 nitrogen and oxygen atoms in total. The first-order chi connectivity index (χ1) is 10.8. The molecule has 112 valence electrons. The highest BCUT2D eigenvalue weighted by Crippen LogP contribution is 2.36. The number of halogens is 1. The van der Waals surface area contributed by atoms with Crippen LogP contribution in [0.5, 0.6) is 0 Å². The highest BCUT2D eigenvalue weighted by Gasteiger charge is 2.28. The minimum atomic E-state index is 0.449.